The summed E-state index contributed by atoms with van der Waals surface area (Å²) in [7, 11) is 0. The molecule has 1 aromatic carbocycles. The number of hydrogen-bond donors (Lipinski definition) is 22. The lowest BCUT2D eigenvalue weighted by Crippen LogP contribution is -2.64. The molecule has 0 saturated carbocycles. The number of unbranched alkanes of at least 4 members (excludes halogenated alkanes) is 1. The van der Waals surface area contributed by atoms with Gasteiger partial charge in [0, 0.05) is 6.42 Å². The highest BCUT2D eigenvalue weighted by atomic mass is 16.4. The number of phenols is 1. The van der Waals surface area contributed by atoms with Gasteiger partial charge in [-0.25, -0.2) is 0 Å². The maximum Gasteiger partial charge on any atom is 0.322 e. The third-order valence-electron chi connectivity index (χ3n) is 16.4. The summed E-state index contributed by atoms with van der Waals surface area (Å²) < 4.78 is 0. The van der Waals surface area contributed by atoms with Crippen molar-refractivity contribution >= 4 is 88.7 Å². The number of aliphatic hydroxyl groups excluding tert-OH is 4. The van der Waals surface area contributed by atoms with Gasteiger partial charge in [0.25, 0.3) is 0 Å². The van der Waals surface area contributed by atoms with Gasteiger partial charge in [-0.1, -0.05) is 87.8 Å². The van der Waals surface area contributed by atoms with E-state index in [1.807, 2.05) is 0 Å². The van der Waals surface area contributed by atoms with Gasteiger partial charge < -0.3 is 117 Å². The molecule has 588 valence electrons. The first-order valence-electron chi connectivity index (χ1n) is 34.8. The lowest BCUT2D eigenvalue weighted by Gasteiger charge is -2.31. The number of aromatic hydroxyl groups is 1. The molecule has 0 unspecified atom stereocenters. The van der Waals surface area contributed by atoms with Crippen LogP contribution in [0.2, 0.25) is 0 Å². The zero-order chi connectivity index (χ0) is 79.6. The van der Waals surface area contributed by atoms with Gasteiger partial charge in [0.05, 0.1) is 44.1 Å². The van der Waals surface area contributed by atoms with E-state index in [4.69, 9.17) is 16.6 Å². The van der Waals surface area contributed by atoms with Gasteiger partial charge in [-0.05, 0) is 114 Å². The number of carboxylic acid groups (broad SMARTS) is 1. The Morgan fingerprint density at radius 1 is 0.413 bits per heavy atom. The van der Waals surface area contributed by atoms with Crippen LogP contribution in [0.4, 0.5) is 0 Å². The number of carboxylic acids is 1. The second-order valence-corrected chi connectivity index (χ2v) is 27.4. The van der Waals surface area contributed by atoms with Crippen LogP contribution in [0, 0.1) is 29.6 Å². The molecule has 104 heavy (non-hydrogen) atoms. The standard InChI is InChI=1S/C67H114N16O21/c1-15-35(10)52(64(101)78-46(30-84)58(95)71-28-48(90)75-43(24-31(2)3)57(94)70-27-47(89)74-42(18-16-17-23-68)59(96)73-36(11)56(93)72-29-49(91)92)80-60(97)44(25-32(4)5)76-65(102)54(38(13)86)83-67(104)55(39(14)87)81-61(98)45(26-40-19-21-41(88)22-20-40)77-66(103)53(37(12)85)82-63(100)51(34(8)9)79-62(99)50(69)33(6)7/h19-22,31-39,42-46,50-55,84-88H,15-18,23-30,68-69H2,1-14H3,(H,70,94)(H,71,95)(H,72,93)(H,73,96)(H,74,89)(H,75,90)(H,76,102)(H,77,103)(H,78,101)(H,79,99)(H,80,97)(H,81,98)(H,82,100)(H,83,104)(H,91,92)/t35-,36-,37+,38+,39+,42-,43-,44-,45-,46-,50-,51-,52-,53-,54-,55-/m0/s1. The number of benzene rings is 1. The van der Waals surface area contributed by atoms with E-state index in [0.29, 0.717) is 18.4 Å². The van der Waals surface area contributed by atoms with E-state index in [1.54, 1.807) is 69.2 Å². The summed E-state index contributed by atoms with van der Waals surface area (Å²) in [5, 5.41) is 95.5. The first-order valence-corrected chi connectivity index (χ1v) is 34.8. The number of carbonyl (C=O) groups is 15. The Bertz CT molecular complexity index is 3040. The van der Waals surface area contributed by atoms with Crippen molar-refractivity contribution in [2.24, 2.45) is 41.1 Å². The Kier molecular flexibility index (Phi) is 41.5. The third kappa shape index (κ3) is 33.5. The number of amides is 14. The second kappa shape index (κ2) is 46.5. The summed E-state index contributed by atoms with van der Waals surface area (Å²) in [5.74, 6) is -17.0. The van der Waals surface area contributed by atoms with Crippen molar-refractivity contribution in [1.29, 1.82) is 0 Å². The number of nitrogens with two attached hydrogens (primary N) is 2. The van der Waals surface area contributed by atoms with E-state index in [9.17, 15) is 97.5 Å². The molecule has 16 atom stereocenters. The summed E-state index contributed by atoms with van der Waals surface area (Å²) in [6.45, 7) is 18.4. The minimum Gasteiger partial charge on any atom is -0.508 e. The maximum atomic E-state index is 14.3. The molecular weight excluding hydrogens is 1360 g/mol. The Morgan fingerprint density at radius 3 is 1.24 bits per heavy atom. The predicted octanol–water partition coefficient (Wildman–Crippen LogP) is -6.24. The molecule has 1 rings (SSSR count). The van der Waals surface area contributed by atoms with E-state index >= 15 is 0 Å². The molecule has 0 aliphatic rings. The molecule has 14 amide bonds. The van der Waals surface area contributed by atoms with Gasteiger partial charge in [0.1, 0.15) is 78.8 Å². The van der Waals surface area contributed by atoms with Crippen LogP contribution in [-0.4, -0.2) is 243 Å². The van der Waals surface area contributed by atoms with Crippen molar-refractivity contribution in [3.63, 3.8) is 0 Å². The Balaban J connectivity index is 3.34. The van der Waals surface area contributed by atoms with Crippen molar-refractivity contribution < 1.29 is 103 Å². The fourth-order valence-corrected chi connectivity index (χ4v) is 9.99. The topological polar surface area (TPSA) is 598 Å². The fourth-order valence-electron chi connectivity index (χ4n) is 9.99. The van der Waals surface area contributed by atoms with Crippen molar-refractivity contribution in [1.82, 2.24) is 74.4 Å². The molecule has 0 aliphatic heterocycles. The summed E-state index contributed by atoms with van der Waals surface area (Å²) in [6.07, 6.45) is -4.42. The number of phenolic OH excluding ortho intramolecular Hbond substituents is 1. The molecule has 24 N–H and O–H groups in total. The maximum absolute atomic E-state index is 14.3. The molecule has 0 spiro atoms. The zero-order valence-corrected chi connectivity index (χ0v) is 61.8. The quantitative estimate of drug-likeness (QED) is 0.0270. The highest BCUT2D eigenvalue weighted by Gasteiger charge is 2.40. The van der Waals surface area contributed by atoms with Crippen molar-refractivity contribution in [3.8, 4) is 5.75 Å². The highest BCUT2D eigenvalue weighted by Crippen LogP contribution is 2.16. The highest BCUT2D eigenvalue weighted by molar-refractivity contribution is 6.00. The van der Waals surface area contributed by atoms with E-state index in [2.05, 4.69) is 74.4 Å². The predicted molar refractivity (Wildman–Crippen MR) is 376 cm³/mol. The summed E-state index contributed by atoms with van der Waals surface area (Å²) in [6, 6.07) is -12.5. The Labute approximate surface area is 605 Å². The van der Waals surface area contributed by atoms with Crippen LogP contribution >= 0.6 is 0 Å². The number of aliphatic hydroxyl groups is 4. The number of hydrogen-bond acceptors (Lipinski definition) is 22. The lowest BCUT2D eigenvalue weighted by molar-refractivity contribution is -0.139. The first kappa shape index (κ1) is 92.8. The van der Waals surface area contributed by atoms with Gasteiger partial charge in [-0.3, -0.25) is 71.9 Å². The molecule has 37 heteroatoms. The normalized spacial score (nSPS) is 16.0. The molecule has 0 fully saturated rings. The number of nitrogens with one attached hydrogen (secondary N) is 14. The molecule has 0 heterocycles. The van der Waals surface area contributed by atoms with E-state index in [1.165, 1.54) is 38.1 Å². The van der Waals surface area contributed by atoms with Gasteiger partial charge in [0.15, 0.2) is 0 Å². The van der Waals surface area contributed by atoms with Crippen LogP contribution in [0.3, 0.4) is 0 Å². The van der Waals surface area contributed by atoms with Gasteiger partial charge >= 0.3 is 5.97 Å². The minimum atomic E-state index is -1.95. The monoisotopic (exact) mass is 1480 g/mol. The molecule has 1 aromatic rings. The van der Waals surface area contributed by atoms with Crippen LogP contribution in [0.15, 0.2) is 24.3 Å². The summed E-state index contributed by atoms with van der Waals surface area (Å²) >= 11 is 0. The number of aliphatic carboxylic acids is 1. The van der Waals surface area contributed by atoms with Crippen LogP contribution in [0.5, 0.6) is 5.75 Å². The number of rotatable bonds is 47. The summed E-state index contributed by atoms with van der Waals surface area (Å²) in [5.41, 5.74) is 11.9. The minimum absolute atomic E-state index is 0.0286. The van der Waals surface area contributed by atoms with Crippen LogP contribution in [0.25, 0.3) is 0 Å². The molecule has 0 aliphatic carbocycles. The summed E-state index contributed by atoms with van der Waals surface area (Å²) in [4.78, 5) is 201. The largest absolute Gasteiger partial charge is 0.508 e. The third-order valence-corrected chi connectivity index (χ3v) is 16.4. The van der Waals surface area contributed by atoms with E-state index < -0.39 is 218 Å². The lowest BCUT2D eigenvalue weighted by atomic mass is 9.96. The molecule has 0 aromatic heterocycles. The van der Waals surface area contributed by atoms with Crippen molar-refractivity contribution in [2.45, 2.75) is 233 Å². The van der Waals surface area contributed by atoms with Crippen molar-refractivity contribution in [2.75, 3.05) is 32.8 Å². The Morgan fingerprint density at radius 2 is 0.798 bits per heavy atom. The van der Waals surface area contributed by atoms with Crippen LogP contribution in [0.1, 0.15) is 141 Å². The fraction of sp³-hybridized carbons (Fsp3) is 0.687. The van der Waals surface area contributed by atoms with Crippen LogP contribution in [-0.2, 0) is 78.3 Å². The van der Waals surface area contributed by atoms with E-state index in [0.717, 1.165) is 13.8 Å². The van der Waals surface area contributed by atoms with Gasteiger partial charge in [0.2, 0.25) is 82.7 Å². The van der Waals surface area contributed by atoms with Gasteiger partial charge in [-0.2, -0.15) is 0 Å². The first-order chi connectivity index (χ1) is 48.5. The second-order valence-electron chi connectivity index (χ2n) is 27.4. The van der Waals surface area contributed by atoms with Crippen molar-refractivity contribution in [3.05, 3.63) is 29.8 Å². The zero-order valence-electron chi connectivity index (χ0n) is 61.8. The molecule has 0 radical (unpaired) electrons. The molecule has 0 saturated heterocycles. The smallest absolute Gasteiger partial charge is 0.322 e. The molecular formula is C67H114N16O21. The Hall–Kier alpha value is -9.17. The average molecular weight is 1480 g/mol. The SMILES string of the molecule is CC[C@H](C)[C@H](NC(=O)[C@H](CC(C)C)NC(=O)[C@@H](NC(=O)[C@@H](NC(=O)[C@H](Cc1ccc(O)cc1)NC(=O)[C@@H](NC(=O)[C@@H](NC(=O)[C@@H](N)C(C)C)C(C)C)[C@@H](C)O)[C@@H](C)O)[C@@H](C)O)C(=O)N[C@@H](CO)C(=O)NCC(=O)N[C@@H](CC(C)C)C(=O)NCC(=O)N[C@@H](CCCCN)C(=O)N[C@@H](C)C(=O)NCC(=O)O. The average Bonchev–Trinajstić information content (AvgIpc) is 0.826. The van der Waals surface area contributed by atoms with Crippen LogP contribution < -0.4 is 85.9 Å². The molecule has 37 nitrogen and oxygen atoms in total. The molecule has 0 bridgehead atoms. The number of carbonyl (C=O) groups excluding carboxylic acids is 14. The van der Waals surface area contributed by atoms with Gasteiger partial charge in [-0.15, -0.1) is 0 Å². The van der Waals surface area contributed by atoms with E-state index in [-0.39, 0.29) is 62.2 Å².